The number of aromatic carboxylic acids is 1. The van der Waals surface area contributed by atoms with Crippen molar-refractivity contribution >= 4 is 60.0 Å². The second-order valence-corrected chi connectivity index (χ2v) is 12.1. The molecule has 220 valence electrons. The number of carboxylic acid groups (broad SMARTS) is 1. The number of halogens is 1. The number of carboxylic acids is 1. The molecule has 0 atom stereocenters. The number of anilines is 2. The fraction of sp³-hybridized carbons (Fsp3) is 0.100. The smallest absolute Gasteiger partial charge is 0.371 e. The Kier molecular flexibility index (Phi) is 8.64. The standard InChI is InChI=1S/C30H24BrN3O8S/c31-22-6-4-5-20(15-22)19-33(23-9-12-28-21(16-23)17-29(42-28)30(35)36)43(39,40)25-10-11-26(27(18-25)34(37)38)32-13-14-41-24-7-2-1-3-8-24/h1-12,15-18,32H,13-14,19H2,(H,35,36). The summed E-state index contributed by atoms with van der Waals surface area (Å²) in [5, 5.41) is 24.6. The summed E-state index contributed by atoms with van der Waals surface area (Å²) in [5.74, 6) is -0.899. The maximum atomic E-state index is 14.1. The van der Waals surface area contributed by atoms with Crippen LogP contribution in [0.15, 0.2) is 111 Å². The van der Waals surface area contributed by atoms with Crippen LogP contribution in [0.1, 0.15) is 16.1 Å². The Morgan fingerprint density at radius 3 is 2.51 bits per heavy atom. The minimum absolute atomic E-state index is 0.110. The van der Waals surface area contributed by atoms with Crippen LogP contribution in [0.5, 0.6) is 5.75 Å². The molecule has 0 amide bonds. The topological polar surface area (TPSA) is 152 Å². The lowest BCUT2D eigenvalue weighted by Crippen LogP contribution is -2.30. The summed E-state index contributed by atoms with van der Waals surface area (Å²) >= 11 is 3.40. The van der Waals surface area contributed by atoms with E-state index < -0.39 is 26.6 Å². The fourth-order valence-electron chi connectivity index (χ4n) is 4.38. The number of ether oxygens (including phenoxy) is 1. The van der Waals surface area contributed by atoms with Crippen LogP contribution in [0.25, 0.3) is 11.0 Å². The maximum absolute atomic E-state index is 14.1. The number of hydrogen-bond acceptors (Lipinski definition) is 8. The molecule has 0 saturated carbocycles. The number of rotatable bonds is 12. The molecule has 0 spiro atoms. The normalized spacial score (nSPS) is 11.3. The summed E-state index contributed by atoms with van der Waals surface area (Å²) in [4.78, 5) is 22.4. The van der Waals surface area contributed by atoms with Gasteiger partial charge in [0, 0.05) is 22.5 Å². The highest BCUT2D eigenvalue weighted by atomic mass is 79.9. The molecule has 13 heteroatoms. The molecular formula is C30H24BrN3O8S. The van der Waals surface area contributed by atoms with Gasteiger partial charge in [0.25, 0.3) is 15.7 Å². The number of para-hydroxylation sites is 1. The Morgan fingerprint density at radius 2 is 1.79 bits per heavy atom. The SMILES string of the molecule is O=C(O)c1cc2cc(N(Cc3cccc(Br)c3)S(=O)(=O)c3ccc(NCCOc4ccccc4)c([N+](=O)[O-])c3)ccc2o1. The number of benzene rings is 4. The van der Waals surface area contributed by atoms with Crippen molar-refractivity contribution in [3.63, 3.8) is 0 Å². The van der Waals surface area contributed by atoms with E-state index in [1.54, 1.807) is 36.4 Å². The molecule has 0 fully saturated rings. The average Bonchev–Trinajstić information content (AvgIpc) is 3.43. The highest BCUT2D eigenvalue weighted by Gasteiger charge is 2.29. The quantitative estimate of drug-likeness (QED) is 0.0843. The number of fused-ring (bicyclic) bond motifs is 1. The lowest BCUT2D eigenvalue weighted by atomic mass is 10.2. The summed E-state index contributed by atoms with van der Waals surface area (Å²) in [6, 6.07) is 25.6. The summed E-state index contributed by atoms with van der Waals surface area (Å²) in [6.07, 6.45) is 0. The first-order valence-corrected chi connectivity index (χ1v) is 15.1. The largest absolute Gasteiger partial charge is 0.492 e. The molecule has 5 rings (SSSR count). The number of nitro benzene ring substituents is 1. The van der Waals surface area contributed by atoms with E-state index in [9.17, 15) is 28.4 Å². The van der Waals surface area contributed by atoms with Gasteiger partial charge in [-0.3, -0.25) is 14.4 Å². The molecular weight excluding hydrogens is 642 g/mol. The predicted octanol–water partition coefficient (Wildman–Crippen LogP) is 6.69. The number of carbonyl (C=O) groups is 1. The lowest BCUT2D eigenvalue weighted by molar-refractivity contribution is -0.384. The van der Waals surface area contributed by atoms with Gasteiger partial charge >= 0.3 is 5.97 Å². The maximum Gasteiger partial charge on any atom is 0.371 e. The first-order valence-electron chi connectivity index (χ1n) is 12.9. The van der Waals surface area contributed by atoms with Crippen LogP contribution in [0.2, 0.25) is 0 Å². The van der Waals surface area contributed by atoms with Crippen LogP contribution in [-0.4, -0.2) is 37.6 Å². The highest BCUT2D eigenvalue weighted by molar-refractivity contribution is 9.10. The predicted molar refractivity (Wildman–Crippen MR) is 164 cm³/mol. The first-order chi connectivity index (χ1) is 20.6. The molecule has 2 N–H and O–H groups in total. The number of hydrogen-bond donors (Lipinski definition) is 2. The summed E-state index contributed by atoms with van der Waals surface area (Å²) in [7, 11) is -4.36. The third-order valence-electron chi connectivity index (χ3n) is 6.40. The molecule has 11 nitrogen and oxygen atoms in total. The Labute approximate surface area is 254 Å². The van der Waals surface area contributed by atoms with Crippen molar-refractivity contribution in [2.45, 2.75) is 11.4 Å². The molecule has 0 saturated heterocycles. The molecule has 4 aromatic carbocycles. The molecule has 5 aromatic rings. The molecule has 43 heavy (non-hydrogen) atoms. The first kappa shape index (κ1) is 29.6. The fourth-order valence-corrected chi connectivity index (χ4v) is 6.29. The third kappa shape index (κ3) is 6.79. The summed E-state index contributed by atoms with van der Waals surface area (Å²) in [6.45, 7) is 0.350. The Bertz CT molecular complexity index is 1910. The minimum atomic E-state index is -4.36. The van der Waals surface area contributed by atoms with Crippen molar-refractivity contribution < 1.29 is 32.4 Å². The molecule has 0 bridgehead atoms. The van der Waals surface area contributed by atoms with Gasteiger partial charge in [0.1, 0.15) is 23.6 Å². The minimum Gasteiger partial charge on any atom is -0.492 e. The second-order valence-electron chi connectivity index (χ2n) is 9.30. The van der Waals surface area contributed by atoms with Crippen LogP contribution < -0.4 is 14.4 Å². The third-order valence-corrected chi connectivity index (χ3v) is 8.66. The van der Waals surface area contributed by atoms with E-state index in [2.05, 4.69) is 21.2 Å². The van der Waals surface area contributed by atoms with Crippen LogP contribution >= 0.6 is 15.9 Å². The van der Waals surface area contributed by atoms with Crippen LogP contribution in [0.3, 0.4) is 0 Å². The van der Waals surface area contributed by atoms with Gasteiger partial charge in [-0.2, -0.15) is 0 Å². The van der Waals surface area contributed by atoms with Crippen LogP contribution in [-0.2, 0) is 16.6 Å². The van der Waals surface area contributed by atoms with Crippen molar-refractivity contribution in [3.8, 4) is 5.75 Å². The number of furan rings is 1. The molecule has 0 aliphatic heterocycles. The molecule has 0 radical (unpaired) electrons. The van der Waals surface area contributed by atoms with Gasteiger partial charge < -0.3 is 19.6 Å². The zero-order chi connectivity index (χ0) is 30.6. The van der Waals surface area contributed by atoms with E-state index in [-0.39, 0.29) is 47.3 Å². The molecule has 0 aliphatic carbocycles. The number of nitrogens with zero attached hydrogens (tertiary/aromatic N) is 2. The van der Waals surface area contributed by atoms with E-state index in [1.165, 1.54) is 36.4 Å². The van der Waals surface area contributed by atoms with Gasteiger partial charge in [-0.15, -0.1) is 0 Å². The van der Waals surface area contributed by atoms with E-state index in [0.717, 1.165) is 14.8 Å². The van der Waals surface area contributed by atoms with Gasteiger partial charge in [-0.25, -0.2) is 13.2 Å². The van der Waals surface area contributed by atoms with E-state index in [4.69, 9.17) is 9.15 Å². The highest BCUT2D eigenvalue weighted by Crippen LogP contribution is 2.34. The molecule has 1 heterocycles. The van der Waals surface area contributed by atoms with E-state index >= 15 is 0 Å². The van der Waals surface area contributed by atoms with Crippen LogP contribution in [0, 0.1) is 10.1 Å². The Hall–Kier alpha value is -4.88. The summed E-state index contributed by atoms with van der Waals surface area (Å²) < 4.78 is 41.0. The van der Waals surface area contributed by atoms with Gasteiger partial charge in [0.15, 0.2) is 0 Å². The zero-order valence-electron chi connectivity index (χ0n) is 22.3. The Morgan fingerprint density at radius 1 is 1.00 bits per heavy atom. The van der Waals surface area contributed by atoms with Gasteiger partial charge in [0.05, 0.1) is 22.1 Å². The van der Waals surface area contributed by atoms with Crippen molar-refractivity contribution in [1.29, 1.82) is 0 Å². The number of nitrogens with one attached hydrogen (secondary N) is 1. The van der Waals surface area contributed by atoms with E-state index in [1.807, 2.05) is 18.2 Å². The zero-order valence-corrected chi connectivity index (χ0v) is 24.7. The Balaban J connectivity index is 1.48. The lowest BCUT2D eigenvalue weighted by Gasteiger charge is -2.25. The number of nitro groups is 1. The van der Waals surface area contributed by atoms with Crippen molar-refractivity contribution in [2.75, 3.05) is 22.8 Å². The van der Waals surface area contributed by atoms with Gasteiger partial charge in [0.2, 0.25) is 5.76 Å². The second kappa shape index (κ2) is 12.5. The van der Waals surface area contributed by atoms with Crippen molar-refractivity contribution in [2.24, 2.45) is 0 Å². The molecule has 1 aromatic heterocycles. The molecule has 0 unspecified atom stereocenters. The monoisotopic (exact) mass is 665 g/mol. The van der Waals surface area contributed by atoms with Crippen LogP contribution in [0.4, 0.5) is 17.1 Å². The van der Waals surface area contributed by atoms with Crippen molar-refractivity contribution in [1.82, 2.24) is 0 Å². The van der Waals surface area contributed by atoms with Gasteiger partial charge in [-0.05, 0) is 66.2 Å². The van der Waals surface area contributed by atoms with E-state index in [0.29, 0.717) is 16.7 Å². The molecule has 0 aliphatic rings. The summed E-state index contributed by atoms with van der Waals surface area (Å²) in [5.41, 5.74) is 0.846. The average molecular weight is 667 g/mol. The number of sulfonamides is 1. The van der Waals surface area contributed by atoms with Crippen molar-refractivity contribution in [3.05, 3.63) is 123 Å². The van der Waals surface area contributed by atoms with Gasteiger partial charge in [-0.1, -0.05) is 46.3 Å².